The Labute approximate surface area is 133 Å². The number of nitrogens with one attached hydrogen (secondary N) is 1. The Balaban J connectivity index is 1.82. The lowest BCUT2D eigenvalue weighted by Crippen LogP contribution is -1.87. The number of para-hydroxylation sites is 2. The standard InChI is InChI=1S/C20H15FN2/c1-13-11-16(21)9-10-17(13)14-5-4-6-15(12-14)20-22-18-7-2-3-8-19(18)23-20/h2-12H,1H3,(H,22,23). The van der Waals surface area contributed by atoms with E-state index in [1.165, 1.54) is 6.07 Å². The molecule has 0 saturated heterocycles. The number of hydrogen-bond donors (Lipinski definition) is 1. The Kier molecular flexibility index (Phi) is 3.19. The van der Waals surface area contributed by atoms with E-state index in [1.54, 1.807) is 6.07 Å². The van der Waals surface area contributed by atoms with Gasteiger partial charge in [0.2, 0.25) is 0 Å². The maximum atomic E-state index is 13.3. The van der Waals surface area contributed by atoms with Crippen LogP contribution >= 0.6 is 0 Å². The summed E-state index contributed by atoms with van der Waals surface area (Å²) in [5.74, 6) is 0.632. The maximum Gasteiger partial charge on any atom is 0.138 e. The van der Waals surface area contributed by atoms with Gasteiger partial charge in [-0.25, -0.2) is 9.37 Å². The summed E-state index contributed by atoms with van der Waals surface area (Å²) in [6.07, 6.45) is 0. The first-order valence-electron chi connectivity index (χ1n) is 7.52. The second kappa shape index (κ2) is 5.36. The van der Waals surface area contributed by atoms with E-state index in [2.05, 4.69) is 16.0 Å². The number of imidazole rings is 1. The molecule has 2 nitrogen and oxygen atoms in total. The molecule has 0 radical (unpaired) electrons. The number of benzene rings is 3. The molecule has 1 heterocycles. The normalized spacial score (nSPS) is 11.0. The highest BCUT2D eigenvalue weighted by molar-refractivity contribution is 5.80. The van der Waals surface area contributed by atoms with Gasteiger partial charge >= 0.3 is 0 Å². The van der Waals surface area contributed by atoms with Gasteiger partial charge in [0.1, 0.15) is 11.6 Å². The minimum absolute atomic E-state index is 0.209. The van der Waals surface area contributed by atoms with Crippen LogP contribution in [0.2, 0.25) is 0 Å². The molecule has 0 saturated carbocycles. The fourth-order valence-electron chi connectivity index (χ4n) is 2.87. The lowest BCUT2D eigenvalue weighted by Gasteiger charge is -2.07. The molecule has 0 fully saturated rings. The quantitative estimate of drug-likeness (QED) is 0.531. The third-order valence-corrected chi connectivity index (χ3v) is 4.02. The van der Waals surface area contributed by atoms with Gasteiger partial charge in [-0.2, -0.15) is 0 Å². The van der Waals surface area contributed by atoms with Crippen LogP contribution in [0.5, 0.6) is 0 Å². The van der Waals surface area contributed by atoms with E-state index < -0.39 is 0 Å². The molecule has 3 aromatic carbocycles. The summed E-state index contributed by atoms with van der Waals surface area (Å²) < 4.78 is 13.3. The molecule has 112 valence electrons. The molecule has 0 aliphatic carbocycles. The smallest absolute Gasteiger partial charge is 0.138 e. The summed E-state index contributed by atoms with van der Waals surface area (Å²) in [5.41, 5.74) is 6.00. The topological polar surface area (TPSA) is 28.7 Å². The van der Waals surface area contributed by atoms with Crippen LogP contribution in [0.15, 0.2) is 66.7 Å². The zero-order valence-corrected chi connectivity index (χ0v) is 12.7. The minimum atomic E-state index is -0.209. The lowest BCUT2D eigenvalue weighted by atomic mass is 9.98. The van der Waals surface area contributed by atoms with Crippen LogP contribution < -0.4 is 0 Å². The van der Waals surface area contributed by atoms with Gasteiger partial charge < -0.3 is 4.98 Å². The second-order valence-electron chi connectivity index (χ2n) is 5.64. The third kappa shape index (κ3) is 2.50. The number of aryl methyl sites for hydroxylation is 1. The molecule has 0 unspecified atom stereocenters. The van der Waals surface area contributed by atoms with Crippen LogP contribution in [0.4, 0.5) is 4.39 Å². The largest absolute Gasteiger partial charge is 0.338 e. The molecule has 23 heavy (non-hydrogen) atoms. The fraction of sp³-hybridized carbons (Fsp3) is 0.0500. The van der Waals surface area contributed by atoms with Gasteiger partial charge in [-0.3, -0.25) is 0 Å². The molecule has 0 bridgehead atoms. The van der Waals surface area contributed by atoms with Crippen LogP contribution in [0, 0.1) is 12.7 Å². The van der Waals surface area contributed by atoms with E-state index in [9.17, 15) is 4.39 Å². The summed E-state index contributed by atoms with van der Waals surface area (Å²) in [5, 5.41) is 0. The first kappa shape index (κ1) is 13.7. The van der Waals surface area contributed by atoms with Crippen LogP contribution in [0.25, 0.3) is 33.5 Å². The van der Waals surface area contributed by atoms with Gasteiger partial charge in [0.15, 0.2) is 0 Å². The predicted octanol–water partition coefficient (Wildman–Crippen LogP) is 5.34. The highest BCUT2D eigenvalue weighted by atomic mass is 19.1. The molecular weight excluding hydrogens is 287 g/mol. The monoisotopic (exact) mass is 302 g/mol. The van der Waals surface area contributed by atoms with E-state index in [0.717, 1.165) is 39.1 Å². The Morgan fingerprint density at radius 1 is 0.870 bits per heavy atom. The van der Waals surface area contributed by atoms with E-state index in [1.807, 2.05) is 55.5 Å². The van der Waals surface area contributed by atoms with E-state index in [-0.39, 0.29) is 5.82 Å². The van der Waals surface area contributed by atoms with Crippen molar-refractivity contribution < 1.29 is 4.39 Å². The fourth-order valence-corrected chi connectivity index (χ4v) is 2.87. The summed E-state index contributed by atoms with van der Waals surface area (Å²) in [7, 11) is 0. The van der Waals surface area contributed by atoms with E-state index >= 15 is 0 Å². The molecule has 0 spiro atoms. The average molecular weight is 302 g/mol. The van der Waals surface area contributed by atoms with Crippen molar-refractivity contribution in [2.45, 2.75) is 6.92 Å². The summed E-state index contributed by atoms with van der Waals surface area (Å²) >= 11 is 0. The number of aromatic amines is 1. The summed E-state index contributed by atoms with van der Waals surface area (Å²) in [6, 6.07) is 21.0. The minimum Gasteiger partial charge on any atom is -0.338 e. The van der Waals surface area contributed by atoms with Crippen molar-refractivity contribution in [3.05, 3.63) is 78.1 Å². The lowest BCUT2D eigenvalue weighted by molar-refractivity contribution is 0.627. The van der Waals surface area contributed by atoms with Gasteiger partial charge in [0, 0.05) is 5.56 Å². The van der Waals surface area contributed by atoms with Crippen LogP contribution in [-0.2, 0) is 0 Å². The number of rotatable bonds is 2. The van der Waals surface area contributed by atoms with Gasteiger partial charge in [-0.1, -0.05) is 36.4 Å². The van der Waals surface area contributed by atoms with Gasteiger partial charge in [0.05, 0.1) is 11.0 Å². The number of H-pyrrole nitrogens is 1. The van der Waals surface area contributed by atoms with E-state index in [4.69, 9.17) is 0 Å². The molecule has 1 N–H and O–H groups in total. The van der Waals surface area contributed by atoms with Gasteiger partial charge in [-0.15, -0.1) is 0 Å². The number of aromatic nitrogens is 2. The van der Waals surface area contributed by atoms with Crippen molar-refractivity contribution in [1.82, 2.24) is 9.97 Å². The van der Waals surface area contributed by atoms with Crippen LogP contribution in [0.1, 0.15) is 5.56 Å². The van der Waals surface area contributed by atoms with Crippen LogP contribution in [-0.4, -0.2) is 9.97 Å². The highest BCUT2D eigenvalue weighted by Gasteiger charge is 2.08. The molecular formula is C20H15FN2. The number of halogens is 1. The predicted molar refractivity (Wildman–Crippen MR) is 91.7 cm³/mol. The van der Waals surface area contributed by atoms with E-state index in [0.29, 0.717) is 0 Å². The molecule has 0 aliphatic heterocycles. The van der Waals surface area contributed by atoms with Crippen molar-refractivity contribution in [1.29, 1.82) is 0 Å². The molecule has 4 aromatic rings. The molecule has 0 aliphatic rings. The van der Waals surface area contributed by atoms with Crippen molar-refractivity contribution in [3.63, 3.8) is 0 Å². The van der Waals surface area contributed by atoms with Crippen LogP contribution in [0.3, 0.4) is 0 Å². The number of hydrogen-bond acceptors (Lipinski definition) is 1. The van der Waals surface area contributed by atoms with Gasteiger partial charge in [-0.05, 0) is 53.9 Å². The van der Waals surface area contributed by atoms with Crippen molar-refractivity contribution in [3.8, 4) is 22.5 Å². The zero-order chi connectivity index (χ0) is 15.8. The molecule has 3 heteroatoms. The molecule has 0 amide bonds. The highest BCUT2D eigenvalue weighted by Crippen LogP contribution is 2.28. The van der Waals surface area contributed by atoms with Crippen molar-refractivity contribution in [2.75, 3.05) is 0 Å². The third-order valence-electron chi connectivity index (χ3n) is 4.02. The number of nitrogens with zero attached hydrogens (tertiary/aromatic N) is 1. The SMILES string of the molecule is Cc1cc(F)ccc1-c1cccc(-c2nc3ccccc3[nH]2)c1. The Bertz CT molecular complexity index is 968. The Morgan fingerprint density at radius 2 is 1.70 bits per heavy atom. The first-order valence-corrected chi connectivity index (χ1v) is 7.52. The maximum absolute atomic E-state index is 13.3. The second-order valence-corrected chi connectivity index (χ2v) is 5.64. The van der Waals surface area contributed by atoms with Crippen molar-refractivity contribution in [2.24, 2.45) is 0 Å². The van der Waals surface area contributed by atoms with Crippen molar-refractivity contribution >= 4 is 11.0 Å². The molecule has 4 rings (SSSR count). The summed E-state index contributed by atoms with van der Waals surface area (Å²) in [6.45, 7) is 1.92. The summed E-state index contributed by atoms with van der Waals surface area (Å²) in [4.78, 5) is 7.98. The Hall–Kier alpha value is -2.94. The Morgan fingerprint density at radius 3 is 2.52 bits per heavy atom. The zero-order valence-electron chi connectivity index (χ0n) is 12.7. The molecule has 1 aromatic heterocycles. The number of fused-ring (bicyclic) bond motifs is 1. The van der Waals surface area contributed by atoms with Gasteiger partial charge in [0.25, 0.3) is 0 Å². The first-order chi connectivity index (χ1) is 11.2. The average Bonchev–Trinajstić information content (AvgIpc) is 2.99. The molecule has 0 atom stereocenters.